The van der Waals surface area contributed by atoms with Crippen molar-refractivity contribution in [3.8, 4) is 0 Å². The number of aliphatic hydroxyl groups excluding tert-OH is 4. The smallest absolute Gasteiger partial charge is 0.394 e. The van der Waals surface area contributed by atoms with Crippen LogP contribution in [-0.2, 0) is 28.9 Å². The van der Waals surface area contributed by atoms with Crippen molar-refractivity contribution in [3.05, 3.63) is 24.3 Å². The first kappa shape index (κ1) is 62.6. The number of unbranched alkanes of at least 4 members (excludes halogenated alkanes) is 31. The van der Waals surface area contributed by atoms with Crippen LogP contribution in [0, 0.1) is 0 Å². The van der Waals surface area contributed by atoms with Crippen LogP contribution in [0.4, 0.5) is 0 Å². The Balaban J connectivity index is 2.31. The maximum Gasteiger partial charge on any atom is 0.397 e. The SMILES string of the molecule is CCCCCCCCCCC/C=C\C/C=C\CCCCCCCCCCCCCC(=O)NC(COC1OC(CO)C(O)C(OS(=O)(=O)O)C1O)C(O)CCCCCCCCCCCCCC. The Morgan fingerprint density at radius 3 is 1.44 bits per heavy atom. The lowest BCUT2D eigenvalue weighted by atomic mass is 9.99. The number of carbonyl (C=O) groups is 1. The van der Waals surface area contributed by atoms with Crippen molar-refractivity contribution in [2.24, 2.45) is 0 Å². The molecule has 0 bridgehead atoms. The number of hydrogen-bond donors (Lipinski definition) is 6. The van der Waals surface area contributed by atoms with Crippen LogP contribution in [0.5, 0.6) is 0 Å². The topological polar surface area (TPSA) is 192 Å². The monoisotopic (exact) mass is 960 g/mol. The van der Waals surface area contributed by atoms with Crippen molar-refractivity contribution in [1.82, 2.24) is 5.32 Å². The van der Waals surface area contributed by atoms with Crippen LogP contribution < -0.4 is 5.32 Å². The Morgan fingerprint density at radius 2 is 1.02 bits per heavy atom. The molecule has 13 heteroatoms. The van der Waals surface area contributed by atoms with Crippen molar-refractivity contribution in [1.29, 1.82) is 0 Å². The lowest BCUT2D eigenvalue weighted by Crippen LogP contribution is -2.61. The normalized spacial score (nSPS) is 20.1. The van der Waals surface area contributed by atoms with E-state index in [1.165, 1.54) is 167 Å². The van der Waals surface area contributed by atoms with E-state index in [4.69, 9.17) is 9.47 Å². The van der Waals surface area contributed by atoms with Gasteiger partial charge in [-0.3, -0.25) is 9.35 Å². The highest BCUT2D eigenvalue weighted by molar-refractivity contribution is 7.80. The van der Waals surface area contributed by atoms with Crippen LogP contribution in [0.1, 0.15) is 251 Å². The van der Waals surface area contributed by atoms with Crippen molar-refractivity contribution in [3.63, 3.8) is 0 Å². The van der Waals surface area contributed by atoms with Crippen LogP contribution in [0.2, 0.25) is 0 Å². The fourth-order valence-corrected chi connectivity index (χ4v) is 9.29. The summed E-state index contributed by atoms with van der Waals surface area (Å²) in [5, 5.41) is 44.9. The van der Waals surface area contributed by atoms with Gasteiger partial charge < -0.3 is 35.2 Å². The van der Waals surface area contributed by atoms with Crippen LogP contribution in [0.3, 0.4) is 0 Å². The van der Waals surface area contributed by atoms with Gasteiger partial charge in [0.05, 0.1) is 25.4 Å². The molecule has 1 aliphatic rings. The summed E-state index contributed by atoms with van der Waals surface area (Å²) in [7, 11) is -5.08. The molecule has 1 saturated heterocycles. The number of nitrogens with one attached hydrogen (secondary N) is 1. The quantitative estimate of drug-likeness (QED) is 0.0193. The van der Waals surface area contributed by atoms with E-state index in [1.54, 1.807) is 0 Å². The van der Waals surface area contributed by atoms with Gasteiger partial charge in [-0.2, -0.15) is 8.42 Å². The zero-order chi connectivity index (χ0) is 48.4. The summed E-state index contributed by atoms with van der Waals surface area (Å²) in [6.07, 6.45) is 43.3. The van der Waals surface area contributed by atoms with E-state index in [9.17, 15) is 38.2 Å². The molecule has 0 aliphatic carbocycles. The van der Waals surface area contributed by atoms with Gasteiger partial charge in [-0.05, 0) is 44.9 Å². The molecule has 7 atom stereocenters. The molecule has 12 nitrogen and oxygen atoms in total. The molecule has 7 unspecified atom stereocenters. The minimum absolute atomic E-state index is 0.231. The van der Waals surface area contributed by atoms with E-state index in [0.717, 1.165) is 51.4 Å². The van der Waals surface area contributed by atoms with Gasteiger partial charge in [0.15, 0.2) is 6.29 Å². The molecule has 1 aliphatic heterocycles. The Bertz CT molecular complexity index is 1270. The summed E-state index contributed by atoms with van der Waals surface area (Å²) < 4.78 is 47.8. The van der Waals surface area contributed by atoms with Gasteiger partial charge in [0.25, 0.3) is 0 Å². The van der Waals surface area contributed by atoms with Gasteiger partial charge in [-0.1, -0.05) is 224 Å². The summed E-state index contributed by atoms with van der Waals surface area (Å²) >= 11 is 0. The predicted molar refractivity (Wildman–Crippen MR) is 269 cm³/mol. The lowest BCUT2D eigenvalue weighted by Gasteiger charge is -2.41. The first-order chi connectivity index (χ1) is 32.0. The highest BCUT2D eigenvalue weighted by Crippen LogP contribution is 2.26. The minimum Gasteiger partial charge on any atom is -0.394 e. The lowest BCUT2D eigenvalue weighted by molar-refractivity contribution is -0.298. The third-order valence-electron chi connectivity index (χ3n) is 13.0. The molecule has 1 heterocycles. The average Bonchev–Trinajstić information content (AvgIpc) is 3.29. The molecule has 0 aromatic carbocycles. The largest absolute Gasteiger partial charge is 0.397 e. The number of rotatable bonds is 47. The number of ether oxygens (including phenoxy) is 2. The zero-order valence-electron chi connectivity index (χ0n) is 42.0. The zero-order valence-corrected chi connectivity index (χ0v) is 42.8. The summed E-state index contributed by atoms with van der Waals surface area (Å²) in [5.41, 5.74) is 0. The number of carbonyl (C=O) groups excluding carboxylic acids is 1. The van der Waals surface area contributed by atoms with Gasteiger partial charge in [-0.15, -0.1) is 0 Å². The molecular formula is C53H101NO11S. The molecule has 0 saturated carbocycles. The molecule has 1 rings (SSSR count). The van der Waals surface area contributed by atoms with Crippen LogP contribution in [-0.4, -0.2) is 95.4 Å². The molecule has 390 valence electrons. The molecular weight excluding hydrogens is 859 g/mol. The third-order valence-corrected chi connectivity index (χ3v) is 13.5. The predicted octanol–water partition coefficient (Wildman–Crippen LogP) is 12.1. The molecule has 0 spiro atoms. The Labute approximate surface area is 403 Å². The van der Waals surface area contributed by atoms with Gasteiger partial charge >= 0.3 is 10.4 Å². The van der Waals surface area contributed by atoms with E-state index in [-0.39, 0.29) is 12.5 Å². The molecule has 6 N–H and O–H groups in total. The number of amides is 1. The molecule has 1 fully saturated rings. The van der Waals surface area contributed by atoms with Gasteiger partial charge in [0.1, 0.15) is 24.4 Å². The van der Waals surface area contributed by atoms with Gasteiger partial charge in [0.2, 0.25) is 5.91 Å². The molecule has 1 amide bonds. The summed E-state index contributed by atoms with van der Waals surface area (Å²) in [6.45, 7) is 3.46. The maximum atomic E-state index is 13.1. The average molecular weight is 960 g/mol. The Morgan fingerprint density at radius 1 is 0.606 bits per heavy atom. The van der Waals surface area contributed by atoms with Gasteiger partial charge in [0, 0.05) is 6.42 Å². The fourth-order valence-electron chi connectivity index (χ4n) is 8.79. The van der Waals surface area contributed by atoms with Crippen LogP contribution in [0.15, 0.2) is 24.3 Å². The highest BCUT2D eigenvalue weighted by atomic mass is 32.3. The van der Waals surface area contributed by atoms with Crippen molar-refractivity contribution < 1.29 is 51.8 Å². The third kappa shape index (κ3) is 35.7. The Hall–Kier alpha value is -1.42. The second-order valence-electron chi connectivity index (χ2n) is 19.2. The van der Waals surface area contributed by atoms with Gasteiger partial charge in [-0.25, -0.2) is 4.18 Å². The van der Waals surface area contributed by atoms with E-state index in [1.807, 2.05) is 0 Å². The first-order valence-corrected chi connectivity index (χ1v) is 28.6. The summed E-state index contributed by atoms with van der Waals surface area (Å²) in [4.78, 5) is 13.1. The second-order valence-corrected chi connectivity index (χ2v) is 20.2. The summed E-state index contributed by atoms with van der Waals surface area (Å²) in [6, 6.07) is -0.857. The van der Waals surface area contributed by atoms with E-state index >= 15 is 0 Å². The minimum atomic E-state index is -5.08. The first-order valence-electron chi connectivity index (χ1n) is 27.2. The highest BCUT2D eigenvalue weighted by Gasteiger charge is 2.48. The fraction of sp³-hybridized carbons (Fsp3) is 0.906. The van der Waals surface area contributed by atoms with E-state index < -0.39 is 59.9 Å². The van der Waals surface area contributed by atoms with Crippen molar-refractivity contribution >= 4 is 16.3 Å². The standard InChI is InChI=1S/C53H101NO11S/c1-3-5-7-9-11-13-15-17-18-19-20-21-22-23-24-25-26-27-28-29-30-31-33-35-37-39-41-43-49(57)54-46(47(56)42-40-38-36-34-32-16-14-12-10-8-6-4-2)45-63-53-51(59)52(65-66(60,61)62)50(58)48(44-55)64-53/h20-21,23-24,46-48,50-53,55-56,58-59H,3-19,22,25-45H2,1-2H3,(H,54,57)(H,60,61,62)/b21-20-,24-23-. The Kier molecular flexibility index (Phi) is 41.3. The van der Waals surface area contributed by atoms with Crippen molar-refractivity contribution in [2.75, 3.05) is 13.2 Å². The number of aliphatic hydroxyl groups is 4. The summed E-state index contributed by atoms with van der Waals surface area (Å²) in [5.74, 6) is -0.231. The van der Waals surface area contributed by atoms with Crippen molar-refractivity contribution in [2.45, 2.75) is 294 Å². The van der Waals surface area contributed by atoms with Crippen LogP contribution in [0.25, 0.3) is 0 Å². The molecule has 66 heavy (non-hydrogen) atoms. The van der Waals surface area contributed by atoms with E-state index in [2.05, 4.69) is 47.7 Å². The number of allylic oxidation sites excluding steroid dienone is 4. The number of hydrogen-bond acceptors (Lipinski definition) is 10. The van der Waals surface area contributed by atoms with E-state index in [0.29, 0.717) is 19.3 Å². The molecule has 0 aromatic rings. The molecule has 0 radical (unpaired) electrons. The second kappa shape index (κ2) is 43.6. The van der Waals surface area contributed by atoms with Crippen LogP contribution >= 0.6 is 0 Å². The maximum absolute atomic E-state index is 13.1. The molecule has 0 aromatic heterocycles.